The lowest BCUT2D eigenvalue weighted by atomic mass is 9.93. The molecule has 0 bridgehead atoms. The molecule has 2 amide bonds. The molecule has 0 spiro atoms. The number of anilines is 2. The van der Waals surface area contributed by atoms with Gasteiger partial charge in [0, 0.05) is 11.6 Å². The summed E-state index contributed by atoms with van der Waals surface area (Å²) >= 11 is 0. The van der Waals surface area contributed by atoms with Gasteiger partial charge in [-0.2, -0.15) is 0 Å². The average Bonchev–Trinajstić information content (AvgIpc) is 2.61. The Morgan fingerprint density at radius 2 is 1.93 bits per heavy atom. The standard InChI is InChI=1S/C19H19N3O5/c1-11(12-7-5-4-6-8-12)17(23)20-15-9-13-14(10-16(15)22(25)26)21-18(24)27-19(13,2)3/h4-11H,1-3H3,(H,20,23)(H,21,24). The van der Waals surface area contributed by atoms with E-state index in [0.29, 0.717) is 5.56 Å². The van der Waals surface area contributed by atoms with E-state index in [1.165, 1.54) is 12.1 Å². The highest BCUT2D eigenvalue weighted by molar-refractivity contribution is 5.99. The number of carbonyl (C=O) groups is 2. The Morgan fingerprint density at radius 3 is 2.56 bits per heavy atom. The topological polar surface area (TPSA) is 111 Å². The van der Waals surface area contributed by atoms with E-state index in [2.05, 4.69) is 10.6 Å². The molecule has 2 aromatic carbocycles. The second-order valence-corrected chi connectivity index (χ2v) is 6.82. The molecule has 27 heavy (non-hydrogen) atoms. The Morgan fingerprint density at radius 1 is 1.26 bits per heavy atom. The van der Waals surface area contributed by atoms with Crippen LogP contribution in [0.25, 0.3) is 0 Å². The van der Waals surface area contributed by atoms with Gasteiger partial charge in [-0.1, -0.05) is 30.3 Å². The SMILES string of the molecule is CC(C(=O)Nc1cc2c(cc1[N+](=O)[O-])NC(=O)OC2(C)C)c1ccccc1. The van der Waals surface area contributed by atoms with Gasteiger partial charge in [0.2, 0.25) is 5.91 Å². The van der Waals surface area contributed by atoms with E-state index in [0.717, 1.165) is 5.56 Å². The number of amides is 2. The number of carbonyl (C=O) groups excluding carboxylic acids is 2. The molecule has 0 aliphatic carbocycles. The molecule has 0 saturated carbocycles. The minimum Gasteiger partial charge on any atom is -0.438 e. The maximum Gasteiger partial charge on any atom is 0.412 e. The molecule has 1 aliphatic heterocycles. The molecule has 1 heterocycles. The third-order valence-corrected chi connectivity index (χ3v) is 4.52. The van der Waals surface area contributed by atoms with Crippen molar-refractivity contribution in [3.05, 3.63) is 63.7 Å². The van der Waals surface area contributed by atoms with Crippen LogP contribution in [0.1, 0.15) is 37.8 Å². The Bertz CT molecular complexity index is 924. The van der Waals surface area contributed by atoms with Gasteiger partial charge in [-0.25, -0.2) is 4.79 Å². The molecule has 0 aromatic heterocycles. The number of fused-ring (bicyclic) bond motifs is 1. The minimum atomic E-state index is -0.989. The summed E-state index contributed by atoms with van der Waals surface area (Å²) in [5, 5.41) is 16.6. The third kappa shape index (κ3) is 3.59. The first-order valence-corrected chi connectivity index (χ1v) is 8.38. The quantitative estimate of drug-likeness (QED) is 0.622. The van der Waals surface area contributed by atoms with Gasteiger partial charge >= 0.3 is 6.09 Å². The molecule has 0 radical (unpaired) electrons. The number of nitrogens with one attached hydrogen (secondary N) is 2. The van der Waals surface area contributed by atoms with E-state index in [1.807, 2.05) is 30.3 Å². The van der Waals surface area contributed by atoms with Crippen LogP contribution in [-0.4, -0.2) is 16.9 Å². The van der Waals surface area contributed by atoms with Crippen molar-refractivity contribution in [2.24, 2.45) is 0 Å². The van der Waals surface area contributed by atoms with Gasteiger partial charge in [0.05, 0.1) is 16.5 Å². The number of cyclic esters (lactones) is 1. The highest BCUT2D eigenvalue weighted by atomic mass is 16.6. The number of hydrogen-bond acceptors (Lipinski definition) is 5. The Balaban J connectivity index is 1.98. The van der Waals surface area contributed by atoms with Gasteiger partial charge < -0.3 is 10.1 Å². The molecule has 8 nitrogen and oxygen atoms in total. The largest absolute Gasteiger partial charge is 0.438 e. The number of nitrogens with zero attached hydrogens (tertiary/aromatic N) is 1. The van der Waals surface area contributed by atoms with Crippen LogP contribution in [0.3, 0.4) is 0 Å². The third-order valence-electron chi connectivity index (χ3n) is 4.52. The van der Waals surface area contributed by atoms with Gasteiger partial charge in [-0.05, 0) is 32.4 Å². The van der Waals surface area contributed by atoms with Crippen molar-refractivity contribution < 1.29 is 19.2 Å². The van der Waals surface area contributed by atoms with Crippen molar-refractivity contribution in [3.63, 3.8) is 0 Å². The Labute approximate surface area is 155 Å². The summed E-state index contributed by atoms with van der Waals surface area (Å²) in [6, 6.07) is 11.8. The fourth-order valence-electron chi connectivity index (χ4n) is 3.00. The van der Waals surface area contributed by atoms with E-state index in [1.54, 1.807) is 20.8 Å². The lowest BCUT2D eigenvalue weighted by Gasteiger charge is -2.32. The molecule has 8 heteroatoms. The van der Waals surface area contributed by atoms with Crippen LogP contribution in [0.2, 0.25) is 0 Å². The monoisotopic (exact) mass is 369 g/mol. The summed E-state index contributed by atoms with van der Waals surface area (Å²) in [4.78, 5) is 35.2. The summed E-state index contributed by atoms with van der Waals surface area (Å²) in [5.41, 5.74) is 0.385. The second kappa shape index (κ2) is 6.71. The van der Waals surface area contributed by atoms with Crippen LogP contribution in [0.5, 0.6) is 0 Å². The smallest absolute Gasteiger partial charge is 0.412 e. The van der Waals surface area contributed by atoms with Crippen LogP contribution in [0, 0.1) is 10.1 Å². The highest BCUT2D eigenvalue weighted by Gasteiger charge is 2.36. The molecule has 0 fully saturated rings. The number of benzene rings is 2. The number of ether oxygens (including phenoxy) is 1. The first kappa shape index (κ1) is 18.4. The van der Waals surface area contributed by atoms with Crippen LogP contribution in [0.4, 0.5) is 21.9 Å². The molecule has 1 unspecified atom stereocenters. The van der Waals surface area contributed by atoms with Crippen molar-refractivity contribution in [2.75, 3.05) is 10.6 Å². The van der Waals surface area contributed by atoms with Crippen LogP contribution in [-0.2, 0) is 15.1 Å². The van der Waals surface area contributed by atoms with Crippen LogP contribution in [0.15, 0.2) is 42.5 Å². The molecule has 2 aromatic rings. The first-order valence-electron chi connectivity index (χ1n) is 8.38. The van der Waals surface area contributed by atoms with E-state index < -0.39 is 22.5 Å². The van der Waals surface area contributed by atoms with Crippen molar-refractivity contribution in [3.8, 4) is 0 Å². The summed E-state index contributed by atoms with van der Waals surface area (Å²) in [6.45, 7) is 5.07. The summed E-state index contributed by atoms with van der Waals surface area (Å²) < 4.78 is 5.24. The van der Waals surface area contributed by atoms with E-state index in [-0.39, 0.29) is 23.0 Å². The number of nitro benzene ring substituents is 1. The molecule has 1 atom stereocenters. The van der Waals surface area contributed by atoms with Gasteiger partial charge in [0.1, 0.15) is 11.3 Å². The summed E-state index contributed by atoms with van der Waals surface area (Å²) in [6.07, 6.45) is -0.684. The normalized spacial score (nSPS) is 15.7. The molecule has 3 rings (SSSR count). The molecular formula is C19H19N3O5. The highest BCUT2D eigenvalue weighted by Crippen LogP contribution is 2.41. The van der Waals surface area contributed by atoms with Crippen molar-refractivity contribution in [1.29, 1.82) is 0 Å². The zero-order chi connectivity index (χ0) is 19.8. The predicted molar refractivity (Wildman–Crippen MR) is 99.7 cm³/mol. The lowest BCUT2D eigenvalue weighted by Crippen LogP contribution is -2.35. The van der Waals surface area contributed by atoms with Gasteiger partial charge in [0.25, 0.3) is 5.69 Å². The van der Waals surface area contributed by atoms with E-state index in [4.69, 9.17) is 4.74 Å². The Hall–Kier alpha value is -3.42. The van der Waals surface area contributed by atoms with E-state index in [9.17, 15) is 19.7 Å². The summed E-state index contributed by atoms with van der Waals surface area (Å²) in [7, 11) is 0. The van der Waals surface area contributed by atoms with Crippen molar-refractivity contribution >= 4 is 29.1 Å². The van der Waals surface area contributed by atoms with Gasteiger partial charge in [-0.3, -0.25) is 20.2 Å². The minimum absolute atomic E-state index is 0.0550. The molecular weight excluding hydrogens is 350 g/mol. The zero-order valence-electron chi connectivity index (χ0n) is 15.1. The van der Waals surface area contributed by atoms with Gasteiger partial charge in [0.15, 0.2) is 0 Å². The number of hydrogen-bond donors (Lipinski definition) is 2. The number of nitro groups is 1. The Kier molecular flexibility index (Phi) is 4.57. The van der Waals surface area contributed by atoms with Crippen molar-refractivity contribution in [1.82, 2.24) is 0 Å². The second-order valence-electron chi connectivity index (χ2n) is 6.82. The average molecular weight is 369 g/mol. The zero-order valence-corrected chi connectivity index (χ0v) is 15.1. The first-order chi connectivity index (χ1) is 12.7. The summed E-state index contributed by atoms with van der Waals surface area (Å²) in [5.74, 6) is -0.867. The fourth-order valence-corrected chi connectivity index (χ4v) is 3.00. The van der Waals surface area contributed by atoms with E-state index >= 15 is 0 Å². The molecule has 140 valence electrons. The maximum absolute atomic E-state index is 12.6. The predicted octanol–water partition coefficient (Wildman–Crippen LogP) is 4.13. The molecule has 2 N–H and O–H groups in total. The molecule has 0 saturated heterocycles. The fraction of sp³-hybridized carbons (Fsp3) is 0.263. The van der Waals surface area contributed by atoms with Crippen LogP contribution < -0.4 is 10.6 Å². The van der Waals surface area contributed by atoms with Crippen molar-refractivity contribution in [2.45, 2.75) is 32.3 Å². The van der Waals surface area contributed by atoms with Gasteiger partial charge in [-0.15, -0.1) is 0 Å². The molecule has 1 aliphatic rings. The number of rotatable bonds is 4. The maximum atomic E-state index is 12.6. The lowest BCUT2D eigenvalue weighted by molar-refractivity contribution is -0.383. The van der Waals surface area contributed by atoms with Crippen LogP contribution >= 0.6 is 0 Å².